The van der Waals surface area contributed by atoms with Crippen molar-refractivity contribution in [2.75, 3.05) is 0 Å². The van der Waals surface area contributed by atoms with E-state index < -0.39 is 11.9 Å². The molecule has 2 N–H and O–H groups in total. The number of rotatable bonds is 5. The van der Waals surface area contributed by atoms with Gasteiger partial charge in [0.1, 0.15) is 0 Å². The first-order chi connectivity index (χ1) is 11.0. The summed E-state index contributed by atoms with van der Waals surface area (Å²) in [6.45, 7) is 3.99. The summed E-state index contributed by atoms with van der Waals surface area (Å²) in [7, 11) is 0. The summed E-state index contributed by atoms with van der Waals surface area (Å²) < 4.78 is 0. The first kappa shape index (κ1) is 18.4. The number of carboxylic acid groups (broad SMARTS) is 2. The summed E-state index contributed by atoms with van der Waals surface area (Å²) in [6, 6.07) is 14.2. The largest absolute Gasteiger partial charge is 0.478 e. The molecule has 0 saturated carbocycles. The number of carbonyl (C=O) groups is 2. The van der Waals surface area contributed by atoms with Gasteiger partial charge in [0.25, 0.3) is 0 Å². The summed E-state index contributed by atoms with van der Waals surface area (Å²) in [4.78, 5) is 21.3. The molecule has 0 saturated heterocycles. The molecule has 0 heterocycles. The van der Waals surface area contributed by atoms with Crippen LogP contribution in [0.3, 0.4) is 0 Å². The van der Waals surface area contributed by atoms with Gasteiger partial charge in [-0.2, -0.15) is 0 Å². The van der Waals surface area contributed by atoms with Gasteiger partial charge in [-0.05, 0) is 36.1 Å². The van der Waals surface area contributed by atoms with Crippen LogP contribution in [0.2, 0.25) is 0 Å². The van der Waals surface area contributed by atoms with E-state index in [-0.39, 0.29) is 0 Å². The fourth-order valence-corrected chi connectivity index (χ4v) is 2.25. The molecule has 0 bridgehead atoms. The van der Waals surface area contributed by atoms with Crippen molar-refractivity contribution >= 4 is 11.9 Å². The Kier molecular flexibility index (Phi) is 7.54. The minimum atomic E-state index is -0.845. The van der Waals surface area contributed by atoms with Gasteiger partial charge >= 0.3 is 11.9 Å². The normalized spacial score (nSPS) is 9.65. The molecule has 0 amide bonds. The Labute approximate surface area is 136 Å². The van der Waals surface area contributed by atoms with Crippen LogP contribution in [0.25, 0.3) is 0 Å². The van der Waals surface area contributed by atoms with Gasteiger partial charge in [-0.1, -0.05) is 56.7 Å². The lowest BCUT2D eigenvalue weighted by Crippen LogP contribution is -2.01. The van der Waals surface area contributed by atoms with Gasteiger partial charge < -0.3 is 10.2 Å². The molecule has 2 aromatic rings. The third-order valence-corrected chi connectivity index (χ3v) is 3.40. The van der Waals surface area contributed by atoms with Crippen LogP contribution in [0, 0.1) is 0 Å². The zero-order chi connectivity index (χ0) is 17.2. The van der Waals surface area contributed by atoms with Gasteiger partial charge in [0.05, 0.1) is 11.1 Å². The molecule has 0 spiro atoms. The molecule has 122 valence electrons. The minimum Gasteiger partial charge on any atom is -0.478 e. The number of benzene rings is 2. The monoisotopic (exact) mass is 314 g/mol. The number of aryl methyl sites for hydroxylation is 2. The van der Waals surface area contributed by atoms with Gasteiger partial charge in [-0.15, -0.1) is 0 Å². The van der Waals surface area contributed by atoms with Crippen molar-refractivity contribution in [3.05, 3.63) is 70.8 Å². The molecule has 2 aromatic carbocycles. The van der Waals surface area contributed by atoms with Crippen LogP contribution in [-0.2, 0) is 12.8 Å². The molecule has 0 aliphatic heterocycles. The van der Waals surface area contributed by atoms with Crippen LogP contribution in [0.1, 0.15) is 52.1 Å². The Balaban J connectivity index is 0.000000231. The van der Waals surface area contributed by atoms with E-state index in [2.05, 4.69) is 0 Å². The molecule has 2 rings (SSSR count). The van der Waals surface area contributed by atoms with Crippen LogP contribution in [0.15, 0.2) is 48.5 Å². The summed E-state index contributed by atoms with van der Waals surface area (Å²) in [6.07, 6.45) is 2.58. The molecule has 0 fully saturated rings. The predicted octanol–water partition coefficient (Wildman–Crippen LogP) is 4.28. The molecule has 0 unspecified atom stereocenters. The van der Waals surface area contributed by atoms with E-state index in [4.69, 9.17) is 10.2 Å². The van der Waals surface area contributed by atoms with Crippen LogP contribution in [0.5, 0.6) is 0 Å². The number of aromatic carboxylic acids is 2. The number of carboxylic acids is 2. The summed E-state index contributed by atoms with van der Waals surface area (Å²) in [5, 5.41) is 17.5. The Bertz CT molecular complexity index is 662. The molecule has 0 aromatic heterocycles. The van der Waals surface area contributed by atoms with Crippen molar-refractivity contribution in [2.45, 2.75) is 33.1 Å². The van der Waals surface area contributed by atoms with E-state index in [0.717, 1.165) is 30.4 Å². The molecule has 0 aliphatic carbocycles. The third-order valence-electron chi connectivity index (χ3n) is 3.40. The van der Waals surface area contributed by atoms with E-state index in [1.807, 2.05) is 38.1 Å². The highest BCUT2D eigenvalue weighted by Crippen LogP contribution is 2.10. The van der Waals surface area contributed by atoms with Crippen molar-refractivity contribution in [1.82, 2.24) is 0 Å². The summed E-state index contributed by atoms with van der Waals surface area (Å²) in [5.41, 5.74) is 2.65. The van der Waals surface area contributed by atoms with E-state index in [0.29, 0.717) is 11.1 Å². The Morgan fingerprint density at radius 1 is 0.783 bits per heavy atom. The van der Waals surface area contributed by atoms with Crippen molar-refractivity contribution < 1.29 is 19.8 Å². The van der Waals surface area contributed by atoms with Crippen LogP contribution in [0.4, 0.5) is 0 Å². The van der Waals surface area contributed by atoms with E-state index >= 15 is 0 Å². The smallest absolute Gasteiger partial charge is 0.335 e. The van der Waals surface area contributed by atoms with Gasteiger partial charge in [-0.3, -0.25) is 0 Å². The van der Waals surface area contributed by atoms with Crippen molar-refractivity contribution in [1.29, 1.82) is 0 Å². The molecule has 0 aliphatic rings. The van der Waals surface area contributed by atoms with Crippen LogP contribution in [-0.4, -0.2) is 22.2 Å². The quantitative estimate of drug-likeness (QED) is 0.863. The van der Waals surface area contributed by atoms with Crippen molar-refractivity contribution in [2.24, 2.45) is 0 Å². The average Bonchev–Trinajstić information content (AvgIpc) is 2.56. The third kappa shape index (κ3) is 5.58. The van der Waals surface area contributed by atoms with Gasteiger partial charge in [-0.25, -0.2) is 9.59 Å². The lowest BCUT2D eigenvalue weighted by molar-refractivity contribution is 0.0685. The van der Waals surface area contributed by atoms with Gasteiger partial charge in [0.2, 0.25) is 0 Å². The Morgan fingerprint density at radius 3 is 1.61 bits per heavy atom. The maximum absolute atomic E-state index is 10.7. The highest BCUT2D eigenvalue weighted by molar-refractivity contribution is 5.89. The topological polar surface area (TPSA) is 74.6 Å². The van der Waals surface area contributed by atoms with E-state index in [1.54, 1.807) is 24.3 Å². The Morgan fingerprint density at radius 2 is 1.22 bits per heavy atom. The van der Waals surface area contributed by atoms with Gasteiger partial charge in [0, 0.05) is 0 Å². The second-order valence-electron chi connectivity index (χ2n) is 5.03. The molecule has 0 radical (unpaired) electrons. The van der Waals surface area contributed by atoms with Crippen molar-refractivity contribution in [3.63, 3.8) is 0 Å². The number of hydrogen-bond acceptors (Lipinski definition) is 2. The fourth-order valence-electron chi connectivity index (χ4n) is 2.25. The molecule has 4 nitrogen and oxygen atoms in total. The molecule has 23 heavy (non-hydrogen) atoms. The van der Waals surface area contributed by atoms with Gasteiger partial charge in [0.15, 0.2) is 0 Å². The van der Waals surface area contributed by atoms with Crippen LogP contribution < -0.4 is 0 Å². The molecule has 4 heteroatoms. The summed E-state index contributed by atoms with van der Waals surface area (Å²) >= 11 is 0. The highest BCUT2D eigenvalue weighted by Gasteiger charge is 2.07. The molecule has 0 atom stereocenters. The Hall–Kier alpha value is -2.62. The zero-order valence-corrected chi connectivity index (χ0v) is 13.5. The summed E-state index contributed by atoms with van der Waals surface area (Å²) in [5.74, 6) is -1.68. The highest BCUT2D eigenvalue weighted by atomic mass is 16.4. The first-order valence-corrected chi connectivity index (χ1v) is 7.63. The SMILES string of the molecule is CCCc1ccccc1C(=O)O.CCc1ccccc1C(=O)O. The van der Waals surface area contributed by atoms with E-state index in [1.165, 1.54) is 0 Å². The lowest BCUT2D eigenvalue weighted by atomic mass is 10.0. The maximum atomic E-state index is 10.7. The van der Waals surface area contributed by atoms with E-state index in [9.17, 15) is 9.59 Å². The molecular weight excluding hydrogens is 292 g/mol. The lowest BCUT2D eigenvalue weighted by Gasteiger charge is -2.02. The maximum Gasteiger partial charge on any atom is 0.335 e. The number of hydrogen-bond donors (Lipinski definition) is 2. The zero-order valence-electron chi connectivity index (χ0n) is 13.5. The van der Waals surface area contributed by atoms with Crippen molar-refractivity contribution in [3.8, 4) is 0 Å². The predicted molar refractivity (Wildman–Crippen MR) is 90.2 cm³/mol. The minimum absolute atomic E-state index is 0.412. The second kappa shape index (κ2) is 9.41. The average molecular weight is 314 g/mol. The second-order valence-corrected chi connectivity index (χ2v) is 5.03. The fraction of sp³-hybridized carbons (Fsp3) is 0.263. The first-order valence-electron chi connectivity index (χ1n) is 7.63. The molecular formula is C19H22O4. The standard InChI is InChI=1S/C10H12O2.C9H10O2/c1-2-5-8-6-3-4-7-9(8)10(11)12;1-2-7-5-3-4-6-8(7)9(10)11/h3-4,6-7H,2,5H2,1H3,(H,11,12);3-6H,2H2,1H3,(H,10,11). The van der Waals surface area contributed by atoms with Crippen LogP contribution >= 0.6 is 0 Å².